The molecule has 4 nitrogen and oxygen atoms in total. The molecule has 0 amide bonds. The lowest BCUT2D eigenvalue weighted by Crippen LogP contribution is -2.08. The maximum atomic E-state index is 12.3. The molecule has 0 N–H and O–H groups in total. The summed E-state index contributed by atoms with van der Waals surface area (Å²) in [5.41, 5.74) is 0.231. The van der Waals surface area contributed by atoms with E-state index in [9.17, 15) is 13.6 Å². The number of carbonyl (C=O) groups excluding carboxylic acids is 1. The highest BCUT2D eigenvalue weighted by atomic mass is 19.3. The van der Waals surface area contributed by atoms with E-state index in [4.69, 9.17) is 4.74 Å². The highest BCUT2D eigenvalue weighted by Gasteiger charge is 2.23. The van der Waals surface area contributed by atoms with Crippen LogP contribution in [0.1, 0.15) is 23.2 Å². The second-order valence-electron chi connectivity index (χ2n) is 4.29. The standard InChI is InChI=1S/C13H14F2O4/c1-17-12(16)9-4-5-10(19-13(14)15)11(6-9)18-7-8-2-3-8/h4-6,8,13H,2-3,7H2,1H3. The van der Waals surface area contributed by atoms with E-state index in [0.717, 1.165) is 12.8 Å². The Kier molecular flexibility index (Phi) is 4.19. The van der Waals surface area contributed by atoms with Crippen molar-refractivity contribution in [3.05, 3.63) is 23.8 Å². The number of carbonyl (C=O) groups is 1. The third kappa shape index (κ3) is 3.81. The normalized spacial score (nSPS) is 14.3. The molecular weight excluding hydrogens is 258 g/mol. The fourth-order valence-corrected chi connectivity index (χ4v) is 1.55. The molecule has 2 rings (SSSR count). The van der Waals surface area contributed by atoms with Gasteiger partial charge in [0.1, 0.15) is 0 Å². The van der Waals surface area contributed by atoms with Crippen LogP contribution in [-0.4, -0.2) is 26.3 Å². The first-order chi connectivity index (χ1) is 9.10. The molecular formula is C13H14F2O4. The molecule has 0 aromatic heterocycles. The lowest BCUT2D eigenvalue weighted by atomic mass is 10.2. The van der Waals surface area contributed by atoms with Gasteiger partial charge in [-0.25, -0.2) is 4.79 Å². The topological polar surface area (TPSA) is 44.8 Å². The van der Waals surface area contributed by atoms with Crippen LogP contribution >= 0.6 is 0 Å². The molecule has 0 unspecified atom stereocenters. The first-order valence-electron chi connectivity index (χ1n) is 5.90. The van der Waals surface area contributed by atoms with Gasteiger partial charge in [-0.2, -0.15) is 8.78 Å². The molecule has 1 aromatic carbocycles. The van der Waals surface area contributed by atoms with E-state index in [0.29, 0.717) is 12.5 Å². The lowest BCUT2D eigenvalue weighted by molar-refractivity contribution is -0.0515. The van der Waals surface area contributed by atoms with E-state index in [2.05, 4.69) is 9.47 Å². The Hall–Kier alpha value is -1.85. The van der Waals surface area contributed by atoms with E-state index in [1.807, 2.05) is 0 Å². The van der Waals surface area contributed by atoms with Gasteiger partial charge in [0.2, 0.25) is 0 Å². The minimum absolute atomic E-state index is 0.0803. The van der Waals surface area contributed by atoms with Crippen LogP contribution in [0, 0.1) is 5.92 Å². The predicted octanol–water partition coefficient (Wildman–Crippen LogP) is 2.86. The maximum Gasteiger partial charge on any atom is 0.387 e. The number of benzene rings is 1. The molecule has 0 saturated heterocycles. The van der Waals surface area contributed by atoms with Crippen LogP contribution in [0.4, 0.5) is 8.78 Å². The van der Waals surface area contributed by atoms with Gasteiger partial charge in [-0.1, -0.05) is 0 Å². The minimum atomic E-state index is -2.94. The molecule has 0 atom stereocenters. The smallest absolute Gasteiger partial charge is 0.387 e. The Morgan fingerprint density at radius 2 is 2.11 bits per heavy atom. The Balaban J connectivity index is 2.17. The molecule has 0 spiro atoms. The van der Waals surface area contributed by atoms with Gasteiger partial charge in [-0.3, -0.25) is 0 Å². The molecule has 1 saturated carbocycles. The zero-order chi connectivity index (χ0) is 13.8. The molecule has 1 aromatic rings. The average molecular weight is 272 g/mol. The number of hydrogen-bond donors (Lipinski definition) is 0. The highest BCUT2D eigenvalue weighted by Crippen LogP contribution is 2.34. The number of methoxy groups -OCH3 is 1. The quantitative estimate of drug-likeness (QED) is 0.747. The van der Waals surface area contributed by atoms with Crippen LogP contribution in [-0.2, 0) is 4.74 Å². The number of esters is 1. The highest BCUT2D eigenvalue weighted by molar-refractivity contribution is 5.90. The second-order valence-corrected chi connectivity index (χ2v) is 4.29. The Morgan fingerprint density at radius 3 is 2.68 bits per heavy atom. The minimum Gasteiger partial charge on any atom is -0.489 e. The zero-order valence-electron chi connectivity index (χ0n) is 10.4. The van der Waals surface area contributed by atoms with Gasteiger partial charge < -0.3 is 14.2 Å². The van der Waals surface area contributed by atoms with Crippen LogP contribution < -0.4 is 9.47 Å². The number of hydrogen-bond acceptors (Lipinski definition) is 4. The van der Waals surface area contributed by atoms with Crippen LogP contribution in [0.15, 0.2) is 18.2 Å². The Labute approximate surface area is 109 Å². The number of alkyl halides is 2. The zero-order valence-corrected chi connectivity index (χ0v) is 10.4. The molecule has 0 heterocycles. The average Bonchev–Trinajstić information content (AvgIpc) is 3.20. The van der Waals surface area contributed by atoms with Crippen molar-refractivity contribution in [1.29, 1.82) is 0 Å². The summed E-state index contributed by atoms with van der Waals surface area (Å²) in [6.07, 6.45) is 2.14. The van der Waals surface area contributed by atoms with Gasteiger partial charge >= 0.3 is 12.6 Å². The van der Waals surface area contributed by atoms with Crippen LogP contribution in [0.2, 0.25) is 0 Å². The fourth-order valence-electron chi connectivity index (χ4n) is 1.55. The molecule has 6 heteroatoms. The summed E-state index contributed by atoms with van der Waals surface area (Å²) in [4.78, 5) is 11.4. The third-order valence-electron chi connectivity index (χ3n) is 2.75. The van der Waals surface area contributed by atoms with Crippen molar-refractivity contribution in [2.45, 2.75) is 19.5 Å². The summed E-state index contributed by atoms with van der Waals surface area (Å²) in [5, 5.41) is 0. The van der Waals surface area contributed by atoms with Crippen LogP contribution in [0.25, 0.3) is 0 Å². The number of ether oxygens (including phenoxy) is 3. The molecule has 19 heavy (non-hydrogen) atoms. The number of rotatable bonds is 6. The summed E-state index contributed by atoms with van der Waals surface area (Å²) in [6, 6.07) is 3.99. The SMILES string of the molecule is COC(=O)c1ccc(OC(F)F)c(OCC2CC2)c1. The van der Waals surface area contributed by atoms with Crippen LogP contribution in [0.5, 0.6) is 11.5 Å². The van der Waals surface area contributed by atoms with E-state index < -0.39 is 12.6 Å². The largest absolute Gasteiger partial charge is 0.489 e. The monoisotopic (exact) mass is 272 g/mol. The van der Waals surface area contributed by atoms with Crippen molar-refractivity contribution in [1.82, 2.24) is 0 Å². The van der Waals surface area contributed by atoms with Crippen molar-refractivity contribution in [2.24, 2.45) is 5.92 Å². The van der Waals surface area contributed by atoms with Gasteiger partial charge in [0.15, 0.2) is 11.5 Å². The molecule has 1 aliphatic rings. The maximum absolute atomic E-state index is 12.3. The molecule has 0 aliphatic heterocycles. The van der Waals surface area contributed by atoms with E-state index in [-0.39, 0.29) is 17.1 Å². The van der Waals surface area contributed by atoms with Gasteiger partial charge in [0, 0.05) is 0 Å². The van der Waals surface area contributed by atoms with Crippen molar-refractivity contribution in [3.8, 4) is 11.5 Å². The summed E-state index contributed by atoms with van der Waals surface area (Å²) < 4.78 is 38.9. The van der Waals surface area contributed by atoms with E-state index in [1.165, 1.54) is 25.3 Å². The molecule has 1 fully saturated rings. The summed E-state index contributed by atoms with van der Waals surface area (Å²) in [5.74, 6) is -0.0422. The molecule has 0 radical (unpaired) electrons. The Bertz CT molecular complexity index is 458. The molecule has 0 bridgehead atoms. The summed E-state index contributed by atoms with van der Waals surface area (Å²) >= 11 is 0. The van der Waals surface area contributed by atoms with Crippen molar-refractivity contribution in [2.75, 3.05) is 13.7 Å². The first-order valence-corrected chi connectivity index (χ1v) is 5.90. The van der Waals surface area contributed by atoms with Crippen molar-refractivity contribution < 1.29 is 27.8 Å². The van der Waals surface area contributed by atoms with Gasteiger partial charge in [-0.05, 0) is 37.0 Å². The third-order valence-corrected chi connectivity index (χ3v) is 2.75. The summed E-state index contributed by atoms with van der Waals surface area (Å²) in [6.45, 7) is -2.50. The molecule has 104 valence electrons. The lowest BCUT2D eigenvalue weighted by Gasteiger charge is -2.13. The summed E-state index contributed by atoms with van der Waals surface area (Å²) in [7, 11) is 1.25. The van der Waals surface area contributed by atoms with E-state index >= 15 is 0 Å². The van der Waals surface area contributed by atoms with Gasteiger partial charge in [0.05, 0.1) is 19.3 Å². The van der Waals surface area contributed by atoms with Gasteiger partial charge in [-0.15, -0.1) is 0 Å². The fraction of sp³-hybridized carbons (Fsp3) is 0.462. The van der Waals surface area contributed by atoms with Gasteiger partial charge in [0.25, 0.3) is 0 Å². The second kappa shape index (κ2) is 5.86. The number of halogens is 2. The molecule has 1 aliphatic carbocycles. The predicted molar refractivity (Wildman–Crippen MR) is 62.6 cm³/mol. The van der Waals surface area contributed by atoms with E-state index in [1.54, 1.807) is 0 Å². The Morgan fingerprint density at radius 1 is 1.37 bits per heavy atom. The van der Waals surface area contributed by atoms with Crippen LogP contribution in [0.3, 0.4) is 0 Å². The van der Waals surface area contributed by atoms with Crippen molar-refractivity contribution in [3.63, 3.8) is 0 Å². The van der Waals surface area contributed by atoms with Crippen molar-refractivity contribution >= 4 is 5.97 Å². The first kappa shape index (κ1) is 13.6.